The van der Waals surface area contributed by atoms with Crippen LogP contribution in [0.15, 0.2) is 24.3 Å². The van der Waals surface area contributed by atoms with Crippen LogP contribution >= 0.6 is 12.4 Å². The van der Waals surface area contributed by atoms with Gasteiger partial charge in [-0.15, -0.1) is 12.4 Å². The van der Waals surface area contributed by atoms with Crippen molar-refractivity contribution in [1.82, 2.24) is 10.2 Å². The Kier molecular flexibility index (Phi) is 3.26. The van der Waals surface area contributed by atoms with Crippen LogP contribution in [0.3, 0.4) is 0 Å². The van der Waals surface area contributed by atoms with Gasteiger partial charge in [0.1, 0.15) is 17.5 Å². The summed E-state index contributed by atoms with van der Waals surface area (Å²) in [4.78, 5) is 0. The van der Waals surface area contributed by atoms with E-state index in [9.17, 15) is 8.78 Å². The summed E-state index contributed by atoms with van der Waals surface area (Å²) < 4.78 is 26.4. The van der Waals surface area contributed by atoms with Crippen LogP contribution in [0, 0.1) is 11.6 Å². The second-order valence-electron chi connectivity index (χ2n) is 2.80. The van der Waals surface area contributed by atoms with Gasteiger partial charge < -0.3 is 5.73 Å². The maximum Gasteiger partial charge on any atom is 0.145 e. The molecule has 80 valence electrons. The van der Waals surface area contributed by atoms with E-state index >= 15 is 0 Å². The monoisotopic (exact) mass is 231 g/mol. The van der Waals surface area contributed by atoms with E-state index in [-0.39, 0.29) is 29.5 Å². The molecular weight excluding hydrogens is 224 g/mol. The second-order valence-corrected chi connectivity index (χ2v) is 2.80. The van der Waals surface area contributed by atoms with Crippen molar-refractivity contribution < 1.29 is 8.78 Å². The zero-order valence-corrected chi connectivity index (χ0v) is 8.31. The summed E-state index contributed by atoms with van der Waals surface area (Å²) in [5.74, 6) is -1.09. The van der Waals surface area contributed by atoms with Gasteiger partial charge in [0, 0.05) is 6.07 Å². The van der Waals surface area contributed by atoms with Crippen LogP contribution in [0.4, 0.5) is 14.6 Å². The summed E-state index contributed by atoms with van der Waals surface area (Å²) in [7, 11) is 0. The third-order valence-electron chi connectivity index (χ3n) is 1.83. The van der Waals surface area contributed by atoms with Gasteiger partial charge in [-0.2, -0.15) is 5.10 Å². The highest BCUT2D eigenvalue weighted by atomic mass is 35.5. The van der Waals surface area contributed by atoms with Crippen LogP contribution in [-0.4, -0.2) is 10.2 Å². The molecule has 0 amide bonds. The first kappa shape index (κ1) is 11.5. The van der Waals surface area contributed by atoms with Crippen LogP contribution in [0.25, 0.3) is 11.3 Å². The first-order chi connectivity index (χ1) is 6.68. The SMILES string of the molecule is Cl.Nc1cc(-c2c(F)cccc2F)[nH]n1. The van der Waals surface area contributed by atoms with Crippen molar-refractivity contribution in [3.8, 4) is 11.3 Å². The molecule has 0 aliphatic rings. The van der Waals surface area contributed by atoms with Gasteiger partial charge in [-0.3, -0.25) is 5.10 Å². The number of nitrogens with two attached hydrogens (primary N) is 1. The van der Waals surface area contributed by atoms with Crippen molar-refractivity contribution in [2.75, 3.05) is 5.73 Å². The average Bonchev–Trinajstić information content (AvgIpc) is 2.51. The Hall–Kier alpha value is -1.62. The van der Waals surface area contributed by atoms with Gasteiger partial charge in [-0.1, -0.05) is 6.07 Å². The van der Waals surface area contributed by atoms with E-state index in [1.165, 1.54) is 24.3 Å². The van der Waals surface area contributed by atoms with Crippen LogP contribution in [0.2, 0.25) is 0 Å². The Bertz CT molecular complexity index is 450. The predicted molar refractivity (Wildman–Crippen MR) is 55.6 cm³/mol. The molecule has 1 aromatic heterocycles. The Labute approximate surface area is 90.7 Å². The minimum Gasteiger partial charge on any atom is -0.382 e. The number of rotatable bonds is 1. The number of aromatic nitrogens is 2. The summed E-state index contributed by atoms with van der Waals surface area (Å²) in [5, 5.41) is 6.04. The van der Waals surface area contributed by atoms with E-state index in [2.05, 4.69) is 10.2 Å². The lowest BCUT2D eigenvalue weighted by molar-refractivity contribution is 0.588. The number of anilines is 1. The number of nitrogen functional groups attached to an aromatic ring is 1. The smallest absolute Gasteiger partial charge is 0.145 e. The van der Waals surface area contributed by atoms with Gasteiger partial charge in [-0.05, 0) is 12.1 Å². The van der Waals surface area contributed by atoms with Crippen molar-refractivity contribution in [2.45, 2.75) is 0 Å². The van der Waals surface area contributed by atoms with E-state index < -0.39 is 11.6 Å². The molecule has 0 fully saturated rings. The van der Waals surface area contributed by atoms with E-state index in [0.717, 1.165) is 0 Å². The summed E-state index contributed by atoms with van der Waals surface area (Å²) in [6.07, 6.45) is 0. The molecule has 0 atom stereocenters. The van der Waals surface area contributed by atoms with Gasteiger partial charge >= 0.3 is 0 Å². The predicted octanol–water partition coefficient (Wildman–Crippen LogP) is 2.36. The number of hydrogen-bond acceptors (Lipinski definition) is 2. The number of nitrogens with one attached hydrogen (secondary N) is 1. The summed E-state index contributed by atoms with van der Waals surface area (Å²) in [5.41, 5.74) is 5.42. The fraction of sp³-hybridized carbons (Fsp3) is 0. The first-order valence-corrected chi connectivity index (χ1v) is 3.94. The zero-order chi connectivity index (χ0) is 10.1. The molecule has 0 saturated carbocycles. The van der Waals surface area contributed by atoms with E-state index in [4.69, 9.17) is 5.73 Å². The average molecular weight is 232 g/mol. The van der Waals surface area contributed by atoms with Gasteiger partial charge in [0.05, 0.1) is 11.3 Å². The number of nitrogens with zero attached hydrogens (tertiary/aromatic N) is 1. The van der Waals surface area contributed by atoms with Gasteiger partial charge in [0.2, 0.25) is 0 Å². The molecule has 6 heteroatoms. The largest absolute Gasteiger partial charge is 0.382 e. The molecule has 0 radical (unpaired) electrons. The van der Waals surface area contributed by atoms with Crippen molar-refractivity contribution in [3.63, 3.8) is 0 Å². The molecule has 0 saturated heterocycles. The van der Waals surface area contributed by atoms with Crippen molar-refractivity contribution in [3.05, 3.63) is 35.9 Å². The van der Waals surface area contributed by atoms with Gasteiger partial charge in [0.25, 0.3) is 0 Å². The minimum absolute atomic E-state index is 0. The second kappa shape index (κ2) is 4.27. The minimum atomic E-state index is -0.645. The molecule has 2 rings (SSSR count). The number of hydrogen-bond donors (Lipinski definition) is 2. The molecule has 0 spiro atoms. The molecule has 2 aromatic rings. The molecular formula is C9H8ClF2N3. The number of aromatic amines is 1. The topological polar surface area (TPSA) is 54.7 Å². The zero-order valence-electron chi connectivity index (χ0n) is 7.50. The maximum atomic E-state index is 13.2. The van der Waals surface area contributed by atoms with Crippen LogP contribution in [0.1, 0.15) is 0 Å². The lowest BCUT2D eigenvalue weighted by Gasteiger charge is -2.00. The van der Waals surface area contributed by atoms with Crippen LogP contribution in [0.5, 0.6) is 0 Å². The van der Waals surface area contributed by atoms with Crippen molar-refractivity contribution in [2.24, 2.45) is 0 Å². The molecule has 3 N–H and O–H groups in total. The molecule has 0 bridgehead atoms. The van der Waals surface area contributed by atoms with E-state index in [1.807, 2.05) is 0 Å². The van der Waals surface area contributed by atoms with Crippen molar-refractivity contribution >= 4 is 18.2 Å². The summed E-state index contributed by atoms with van der Waals surface area (Å²) in [6.45, 7) is 0. The Morgan fingerprint density at radius 1 is 1.20 bits per heavy atom. The van der Waals surface area contributed by atoms with E-state index in [1.54, 1.807) is 0 Å². The lowest BCUT2D eigenvalue weighted by atomic mass is 10.1. The van der Waals surface area contributed by atoms with Gasteiger partial charge in [-0.25, -0.2) is 8.78 Å². The molecule has 1 heterocycles. The highest BCUT2D eigenvalue weighted by molar-refractivity contribution is 5.85. The Balaban J connectivity index is 0.00000112. The third kappa shape index (κ3) is 2.07. The maximum absolute atomic E-state index is 13.2. The van der Waals surface area contributed by atoms with Crippen LogP contribution < -0.4 is 5.73 Å². The van der Waals surface area contributed by atoms with Crippen molar-refractivity contribution in [1.29, 1.82) is 0 Å². The third-order valence-corrected chi connectivity index (χ3v) is 1.83. The number of benzene rings is 1. The molecule has 0 unspecified atom stereocenters. The summed E-state index contributed by atoms with van der Waals surface area (Å²) >= 11 is 0. The normalized spacial score (nSPS) is 9.73. The molecule has 1 aromatic carbocycles. The number of halogens is 3. The first-order valence-electron chi connectivity index (χ1n) is 3.94. The fourth-order valence-corrected chi connectivity index (χ4v) is 1.22. The molecule has 0 aliphatic heterocycles. The molecule has 3 nitrogen and oxygen atoms in total. The highest BCUT2D eigenvalue weighted by Crippen LogP contribution is 2.24. The Morgan fingerprint density at radius 2 is 1.80 bits per heavy atom. The molecule has 15 heavy (non-hydrogen) atoms. The lowest BCUT2D eigenvalue weighted by Crippen LogP contribution is -1.89. The Morgan fingerprint density at radius 3 is 2.27 bits per heavy atom. The highest BCUT2D eigenvalue weighted by Gasteiger charge is 2.12. The molecule has 0 aliphatic carbocycles. The fourth-order valence-electron chi connectivity index (χ4n) is 1.22. The van der Waals surface area contributed by atoms with Crippen LogP contribution in [-0.2, 0) is 0 Å². The number of H-pyrrole nitrogens is 1. The van der Waals surface area contributed by atoms with Gasteiger partial charge in [0.15, 0.2) is 0 Å². The quantitative estimate of drug-likeness (QED) is 0.792. The van der Waals surface area contributed by atoms with E-state index in [0.29, 0.717) is 0 Å². The summed E-state index contributed by atoms with van der Waals surface area (Å²) in [6, 6.07) is 5.03. The standard InChI is InChI=1S/C9H7F2N3.ClH/c10-5-2-1-3-6(11)9(5)7-4-8(12)14-13-7;/h1-4H,(H3,12,13,14);1H.